The van der Waals surface area contributed by atoms with Gasteiger partial charge < -0.3 is 0 Å². The average molecular weight is 214 g/mol. The van der Waals surface area contributed by atoms with Gasteiger partial charge in [0.25, 0.3) is 9.84 Å². The van der Waals surface area contributed by atoms with Crippen LogP contribution in [0.15, 0.2) is 11.1 Å². The summed E-state index contributed by atoms with van der Waals surface area (Å²) < 4.78 is 57.3. The number of aryl methyl sites for hydroxylation is 1. The number of nitrogens with one attached hydrogen (secondary N) is 1. The number of aromatic amines is 1. The minimum atomic E-state index is -5.28. The molecule has 0 saturated heterocycles. The maximum absolute atomic E-state index is 11.9. The Bertz CT molecular complexity index is 406. The molecule has 0 aliphatic carbocycles. The van der Waals surface area contributed by atoms with Gasteiger partial charge in [-0.05, 0) is 6.92 Å². The SMILES string of the molecule is Cc1[nH]ncc1S(=O)(=O)C(F)(F)F. The minimum Gasteiger partial charge on any atom is -0.281 e. The maximum Gasteiger partial charge on any atom is 0.502 e. The highest BCUT2D eigenvalue weighted by Crippen LogP contribution is 2.30. The Morgan fingerprint density at radius 1 is 1.46 bits per heavy atom. The lowest BCUT2D eigenvalue weighted by atomic mass is 10.5. The second kappa shape index (κ2) is 2.72. The molecular formula is C5H5F3N2O2S. The fraction of sp³-hybridized carbons (Fsp3) is 0.400. The number of halogens is 3. The molecule has 1 heterocycles. The molecule has 4 nitrogen and oxygen atoms in total. The van der Waals surface area contributed by atoms with Crippen LogP contribution >= 0.6 is 0 Å². The van der Waals surface area contributed by atoms with Crippen LogP contribution in [0, 0.1) is 6.92 Å². The first-order valence-electron chi connectivity index (χ1n) is 3.08. The molecule has 0 spiro atoms. The Kier molecular flexibility index (Phi) is 2.10. The van der Waals surface area contributed by atoms with Crippen LogP contribution in [0.25, 0.3) is 0 Å². The third-order valence-corrected chi connectivity index (χ3v) is 2.98. The molecule has 8 heteroatoms. The topological polar surface area (TPSA) is 62.8 Å². The van der Waals surface area contributed by atoms with Gasteiger partial charge in [-0.25, -0.2) is 8.42 Å². The van der Waals surface area contributed by atoms with Crippen molar-refractivity contribution < 1.29 is 21.6 Å². The van der Waals surface area contributed by atoms with Crippen LogP contribution < -0.4 is 0 Å². The summed E-state index contributed by atoms with van der Waals surface area (Å²) in [7, 11) is -5.26. The van der Waals surface area contributed by atoms with Crippen LogP contribution in [0.3, 0.4) is 0 Å². The first-order chi connectivity index (χ1) is 5.77. The van der Waals surface area contributed by atoms with Crippen LogP contribution in [0.4, 0.5) is 13.2 Å². The number of hydrogen-bond acceptors (Lipinski definition) is 3. The number of alkyl halides is 3. The Morgan fingerprint density at radius 3 is 2.31 bits per heavy atom. The zero-order chi connectivity index (χ0) is 10.3. The third-order valence-electron chi connectivity index (χ3n) is 1.38. The summed E-state index contributed by atoms with van der Waals surface area (Å²) in [5.41, 5.74) is -5.40. The number of nitrogens with zero attached hydrogens (tertiary/aromatic N) is 1. The van der Waals surface area contributed by atoms with E-state index in [0.717, 1.165) is 0 Å². The van der Waals surface area contributed by atoms with Crippen molar-refractivity contribution >= 4 is 9.84 Å². The van der Waals surface area contributed by atoms with Crippen molar-refractivity contribution in [1.29, 1.82) is 0 Å². The van der Waals surface area contributed by atoms with Crippen LogP contribution in [-0.4, -0.2) is 24.1 Å². The van der Waals surface area contributed by atoms with Crippen molar-refractivity contribution in [2.45, 2.75) is 17.3 Å². The Labute approximate surface area is 71.7 Å². The molecule has 0 radical (unpaired) electrons. The number of rotatable bonds is 1. The minimum absolute atomic E-state index is 0.127. The molecule has 0 aliphatic rings. The van der Waals surface area contributed by atoms with Crippen LogP contribution in [0.5, 0.6) is 0 Å². The summed E-state index contributed by atoms with van der Waals surface area (Å²) in [6.07, 6.45) is 0.637. The summed E-state index contributed by atoms with van der Waals surface area (Å²) in [6.45, 7) is 1.20. The molecule has 1 aromatic heterocycles. The molecule has 0 aliphatic heterocycles. The van der Waals surface area contributed by atoms with E-state index in [1.807, 2.05) is 0 Å². The van der Waals surface area contributed by atoms with E-state index in [9.17, 15) is 21.6 Å². The van der Waals surface area contributed by atoms with Gasteiger partial charge in [-0.3, -0.25) is 5.10 Å². The van der Waals surface area contributed by atoms with Crippen molar-refractivity contribution in [2.75, 3.05) is 0 Å². The van der Waals surface area contributed by atoms with Crippen molar-refractivity contribution in [2.24, 2.45) is 0 Å². The van der Waals surface area contributed by atoms with Gasteiger partial charge in [0.2, 0.25) is 0 Å². The van der Waals surface area contributed by atoms with Gasteiger partial charge in [-0.15, -0.1) is 0 Å². The predicted molar refractivity (Wildman–Crippen MR) is 36.6 cm³/mol. The molecular weight excluding hydrogens is 209 g/mol. The highest BCUT2D eigenvalue weighted by atomic mass is 32.2. The summed E-state index contributed by atoms with van der Waals surface area (Å²) in [5, 5.41) is 5.32. The maximum atomic E-state index is 11.9. The van der Waals surface area contributed by atoms with Gasteiger partial charge in [-0.2, -0.15) is 18.3 Å². The molecule has 0 amide bonds. The molecule has 13 heavy (non-hydrogen) atoms. The summed E-state index contributed by atoms with van der Waals surface area (Å²) >= 11 is 0. The molecule has 0 fully saturated rings. The largest absolute Gasteiger partial charge is 0.502 e. The monoisotopic (exact) mass is 214 g/mol. The highest BCUT2D eigenvalue weighted by Gasteiger charge is 2.48. The zero-order valence-corrected chi connectivity index (χ0v) is 7.20. The zero-order valence-electron chi connectivity index (χ0n) is 6.38. The highest BCUT2D eigenvalue weighted by molar-refractivity contribution is 7.92. The quantitative estimate of drug-likeness (QED) is 0.758. The molecule has 0 bridgehead atoms. The van der Waals surface area contributed by atoms with E-state index < -0.39 is 20.2 Å². The first-order valence-corrected chi connectivity index (χ1v) is 4.56. The summed E-state index contributed by atoms with van der Waals surface area (Å²) in [6, 6.07) is 0. The summed E-state index contributed by atoms with van der Waals surface area (Å²) in [5.74, 6) is 0. The summed E-state index contributed by atoms with van der Waals surface area (Å²) in [4.78, 5) is -0.833. The van der Waals surface area contributed by atoms with Crippen molar-refractivity contribution in [3.63, 3.8) is 0 Å². The second-order valence-electron chi connectivity index (χ2n) is 2.31. The molecule has 1 N–H and O–H groups in total. The normalized spacial score (nSPS) is 13.2. The average Bonchev–Trinajstić information content (AvgIpc) is 2.32. The molecule has 74 valence electrons. The first kappa shape index (κ1) is 10.0. The van der Waals surface area contributed by atoms with E-state index >= 15 is 0 Å². The number of aromatic nitrogens is 2. The number of H-pyrrole nitrogens is 1. The molecule has 1 rings (SSSR count). The fourth-order valence-electron chi connectivity index (χ4n) is 0.735. The van der Waals surface area contributed by atoms with Crippen molar-refractivity contribution in [1.82, 2.24) is 10.2 Å². The smallest absolute Gasteiger partial charge is 0.281 e. The van der Waals surface area contributed by atoms with Gasteiger partial charge >= 0.3 is 5.51 Å². The van der Waals surface area contributed by atoms with Gasteiger partial charge in [0.1, 0.15) is 4.90 Å². The van der Waals surface area contributed by atoms with Crippen LogP contribution in [-0.2, 0) is 9.84 Å². The molecule has 0 aromatic carbocycles. The van der Waals surface area contributed by atoms with E-state index in [-0.39, 0.29) is 5.69 Å². The third kappa shape index (κ3) is 1.53. The Balaban J connectivity index is 3.33. The van der Waals surface area contributed by atoms with Gasteiger partial charge in [0, 0.05) is 0 Å². The predicted octanol–water partition coefficient (Wildman–Crippen LogP) is 1.01. The van der Waals surface area contributed by atoms with Gasteiger partial charge in [0.05, 0.1) is 11.9 Å². The lowest BCUT2D eigenvalue weighted by Gasteiger charge is -2.05. The second-order valence-corrected chi connectivity index (χ2v) is 4.22. The molecule has 1 aromatic rings. The Hall–Kier alpha value is -1.05. The van der Waals surface area contributed by atoms with Gasteiger partial charge in [-0.1, -0.05) is 0 Å². The van der Waals surface area contributed by atoms with E-state index in [1.165, 1.54) is 6.92 Å². The van der Waals surface area contributed by atoms with E-state index in [2.05, 4.69) is 10.2 Å². The van der Waals surface area contributed by atoms with Gasteiger partial charge in [0.15, 0.2) is 0 Å². The Morgan fingerprint density at radius 2 is 2.00 bits per heavy atom. The van der Waals surface area contributed by atoms with E-state index in [4.69, 9.17) is 0 Å². The van der Waals surface area contributed by atoms with Crippen molar-refractivity contribution in [3.8, 4) is 0 Å². The number of hydrogen-bond donors (Lipinski definition) is 1. The fourth-order valence-corrected chi connectivity index (χ4v) is 1.62. The van der Waals surface area contributed by atoms with Crippen LogP contribution in [0.2, 0.25) is 0 Å². The lowest BCUT2D eigenvalue weighted by Crippen LogP contribution is -2.23. The van der Waals surface area contributed by atoms with Crippen LogP contribution in [0.1, 0.15) is 5.69 Å². The van der Waals surface area contributed by atoms with E-state index in [0.29, 0.717) is 6.20 Å². The standard InChI is InChI=1S/C5H5F3N2O2S/c1-3-4(2-9-10-3)13(11,12)5(6,7)8/h2H,1H3,(H,9,10). The van der Waals surface area contributed by atoms with E-state index in [1.54, 1.807) is 0 Å². The number of sulfone groups is 1. The molecule has 0 saturated carbocycles. The lowest BCUT2D eigenvalue weighted by molar-refractivity contribution is -0.0436. The molecule has 0 atom stereocenters. The van der Waals surface area contributed by atoms with Crippen molar-refractivity contribution in [3.05, 3.63) is 11.9 Å². The molecule has 0 unspecified atom stereocenters.